The minimum Gasteiger partial charge on any atom is -0.406 e. The maximum Gasteiger partial charge on any atom is 0.573 e. The molecule has 1 radical (unpaired) electrons. The quantitative estimate of drug-likeness (QED) is 0.731. The number of ether oxygens (including phenoxy) is 1. The molecule has 0 bridgehead atoms. The van der Waals surface area contributed by atoms with E-state index in [-0.39, 0.29) is 5.75 Å². The summed E-state index contributed by atoms with van der Waals surface area (Å²) < 4.78 is 40.7. The van der Waals surface area contributed by atoms with Crippen LogP contribution in [0, 0.1) is 5.92 Å². The minimum atomic E-state index is -4.64. The number of hydrogen-bond acceptors (Lipinski definition) is 1. The van der Waals surface area contributed by atoms with E-state index in [4.69, 9.17) is 0 Å². The van der Waals surface area contributed by atoms with Gasteiger partial charge in [0, 0.05) is 0 Å². The third kappa shape index (κ3) is 4.98. The van der Waals surface area contributed by atoms with Gasteiger partial charge in [-0.1, -0.05) is 33.3 Å². The van der Waals surface area contributed by atoms with Gasteiger partial charge in [-0.3, -0.25) is 0 Å². The van der Waals surface area contributed by atoms with E-state index in [1.165, 1.54) is 12.1 Å². The zero-order valence-electron chi connectivity index (χ0n) is 10.9. The third-order valence-corrected chi connectivity index (χ3v) is 2.60. The number of aryl methyl sites for hydroxylation is 1. The number of alkyl halides is 3. The summed E-state index contributed by atoms with van der Waals surface area (Å²) in [5.41, 5.74) is 1.68. The van der Waals surface area contributed by atoms with E-state index in [9.17, 15) is 13.2 Å². The summed E-state index contributed by atoms with van der Waals surface area (Å²) in [7, 11) is 0. The Morgan fingerprint density at radius 2 is 1.83 bits per heavy atom. The van der Waals surface area contributed by atoms with Crippen LogP contribution >= 0.6 is 0 Å². The molecule has 1 aromatic rings. The maximum atomic E-state index is 12.2. The Bertz CT molecular complexity index is 383. The first kappa shape index (κ1) is 14.9. The van der Waals surface area contributed by atoms with E-state index in [1.54, 1.807) is 0 Å². The van der Waals surface area contributed by atoms with Gasteiger partial charge in [0.15, 0.2) is 0 Å². The SMILES string of the molecule is CCCCc1cc(OC(F)(F)F)cc([C](C)C)c1. The summed E-state index contributed by atoms with van der Waals surface area (Å²) in [6.45, 7) is 5.79. The van der Waals surface area contributed by atoms with Gasteiger partial charge in [0.1, 0.15) is 5.75 Å². The van der Waals surface area contributed by atoms with E-state index >= 15 is 0 Å². The van der Waals surface area contributed by atoms with Crippen LogP contribution in [-0.4, -0.2) is 6.36 Å². The lowest BCUT2D eigenvalue weighted by Gasteiger charge is -2.14. The molecule has 1 rings (SSSR count). The van der Waals surface area contributed by atoms with Crippen molar-refractivity contribution in [3.63, 3.8) is 0 Å². The van der Waals surface area contributed by atoms with Crippen LogP contribution in [0.25, 0.3) is 0 Å². The van der Waals surface area contributed by atoms with Crippen LogP contribution in [0.5, 0.6) is 5.75 Å². The molecule has 0 N–H and O–H groups in total. The van der Waals surface area contributed by atoms with Gasteiger partial charge in [-0.15, -0.1) is 13.2 Å². The number of unbranched alkanes of at least 4 members (excludes halogenated alkanes) is 1. The second-order valence-corrected chi connectivity index (χ2v) is 4.52. The van der Waals surface area contributed by atoms with Crippen molar-refractivity contribution in [3.8, 4) is 5.75 Å². The molecule has 0 aliphatic heterocycles. The van der Waals surface area contributed by atoms with Crippen molar-refractivity contribution in [2.45, 2.75) is 46.4 Å². The zero-order valence-corrected chi connectivity index (χ0v) is 10.9. The first-order valence-electron chi connectivity index (χ1n) is 6.02. The fraction of sp³-hybridized carbons (Fsp3) is 0.500. The molecule has 0 saturated carbocycles. The van der Waals surface area contributed by atoms with Crippen molar-refractivity contribution in [2.24, 2.45) is 0 Å². The molecule has 0 aliphatic rings. The molecule has 0 fully saturated rings. The summed E-state index contributed by atoms with van der Waals surface area (Å²) in [5.74, 6) is 0.840. The molecule has 0 spiro atoms. The number of rotatable bonds is 5. The van der Waals surface area contributed by atoms with Gasteiger partial charge in [-0.05, 0) is 42.0 Å². The summed E-state index contributed by atoms with van der Waals surface area (Å²) in [6.07, 6.45) is -1.90. The first-order chi connectivity index (χ1) is 8.31. The standard InChI is InChI=1S/C14H18F3O/c1-4-5-6-11-7-12(10(2)3)9-13(8-11)18-14(15,16)17/h7-9H,4-6H2,1-3H3. The summed E-state index contributed by atoms with van der Waals surface area (Å²) >= 11 is 0. The van der Waals surface area contributed by atoms with Crippen LogP contribution in [0.15, 0.2) is 18.2 Å². The molecule has 0 saturated heterocycles. The van der Waals surface area contributed by atoms with Crippen molar-refractivity contribution in [1.29, 1.82) is 0 Å². The summed E-state index contributed by atoms with van der Waals surface area (Å²) in [6, 6.07) is 4.82. The monoisotopic (exact) mass is 259 g/mol. The van der Waals surface area contributed by atoms with Gasteiger partial charge in [-0.25, -0.2) is 0 Å². The smallest absolute Gasteiger partial charge is 0.406 e. The molecule has 101 valence electrons. The molecule has 0 unspecified atom stereocenters. The molecule has 0 aliphatic carbocycles. The molecule has 0 amide bonds. The highest BCUT2D eigenvalue weighted by Gasteiger charge is 2.31. The molecule has 4 heteroatoms. The average molecular weight is 259 g/mol. The predicted octanol–water partition coefficient (Wildman–Crippen LogP) is 4.89. The Balaban J connectivity index is 2.98. The van der Waals surface area contributed by atoms with Crippen molar-refractivity contribution >= 4 is 0 Å². The molecule has 0 atom stereocenters. The highest BCUT2D eigenvalue weighted by Crippen LogP contribution is 2.28. The summed E-state index contributed by atoms with van der Waals surface area (Å²) in [5, 5.41) is 0. The maximum absolute atomic E-state index is 12.2. The molecule has 0 aromatic heterocycles. The normalized spacial score (nSPS) is 11.9. The molecule has 1 nitrogen and oxygen atoms in total. The van der Waals surface area contributed by atoms with Gasteiger partial charge in [-0.2, -0.15) is 0 Å². The Morgan fingerprint density at radius 1 is 1.17 bits per heavy atom. The van der Waals surface area contributed by atoms with Crippen molar-refractivity contribution in [2.75, 3.05) is 0 Å². The zero-order chi connectivity index (χ0) is 13.8. The number of hydrogen-bond donors (Lipinski definition) is 0. The Hall–Kier alpha value is -1.19. The molecule has 1 aromatic carbocycles. The minimum absolute atomic E-state index is 0.132. The Kier molecular flexibility index (Phi) is 5.05. The predicted molar refractivity (Wildman–Crippen MR) is 65.4 cm³/mol. The van der Waals surface area contributed by atoms with Gasteiger partial charge in [0.2, 0.25) is 0 Å². The van der Waals surface area contributed by atoms with Crippen LogP contribution in [0.4, 0.5) is 13.2 Å². The first-order valence-corrected chi connectivity index (χ1v) is 6.02. The van der Waals surface area contributed by atoms with Crippen LogP contribution in [-0.2, 0) is 6.42 Å². The molecular weight excluding hydrogens is 241 g/mol. The fourth-order valence-corrected chi connectivity index (χ4v) is 1.67. The third-order valence-electron chi connectivity index (χ3n) is 2.60. The summed E-state index contributed by atoms with van der Waals surface area (Å²) in [4.78, 5) is 0. The Labute approximate surface area is 106 Å². The number of benzene rings is 1. The lowest BCUT2D eigenvalue weighted by Crippen LogP contribution is -2.17. The van der Waals surface area contributed by atoms with E-state index in [1.807, 2.05) is 26.8 Å². The van der Waals surface area contributed by atoms with Crippen molar-refractivity contribution in [3.05, 3.63) is 35.2 Å². The largest absolute Gasteiger partial charge is 0.573 e. The van der Waals surface area contributed by atoms with Gasteiger partial charge in [0.05, 0.1) is 0 Å². The van der Waals surface area contributed by atoms with Gasteiger partial charge in [0.25, 0.3) is 0 Å². The highest BCUT2D eigenvalue weighted by atomic mass is 19.4. The average Bonchev–Trinajstić information content (AvgIpc) is 2.23. The number of halogens is 3. The van der Waals surface area contributed by atoms with Gasteiger partial charge < -0.3 is 4.74 Å². The van der Waals surface area contributed by atoms with E-state index in [0.29, 0.717) is 0 Å². The Morgan fingerprint density at radius 3 is 2.33 bits per heavy atom. The lowest BCUT2D eigenvalue weighted by molar-refractivity contribution is -0.274. The van der Waals surface area contributed by atoms with E-state index in [0.717, 1.165) is 36.3 Å². The second-order valence-electron chi connectivity index (χ2n) is 4.52. The highest BCUT2D eigenvalue weighted by molar-refractivity contribution is 5.40. The van der Waals surface area contributed by atoms with E-state index in [2.05, 4.69) is 4.74 Å². The molecular formula is C14H18F3O. The van der Waals surface area contributed by atoms with Crippen LogP contribution in [0.1, 0.15) is 44.7 Å². The molecule has 18 heavy (non-hydrogen) atoms. The topological polar surface area (TPSA) is 9.23 Å². The van der Waals surface area contributed by atoms with E-state index < -0.39 is 6.36 Å². The van der Waals surface area contributed by atoms with Crippen LogP contribution in [0.3, 0.4) is 0 Å². The van der Waals surface area contributed by atoms with Gasteiger partial charge >= 0.3 is 6.36 Å². The molecule has 0 heterocycles. The van der Waals surface area contributed by atoms with Crippen molar-refractivity contribution in [1.82, 2.24) is 0 Å². The van der Waals surface area contributed by atoms with Crippen LogP contribution in [0.2, 0.25) is 0 Å². The van der Waals surface area contributed by atoms with Crippen molar-refractivity contribution < 1.29 is 17.9 Å². The lowest BCUT2D eigenvalue weighted by atomic mass is 9.98. The second kappa shape index (κ2) is 6.12. The van der Waals surface area contributed by atoms with Crippen LogP contribution < -0.4 is 4.74 Å². The fourth-order valence-electron chi connectivity index (χ4n) is 1.67.